The first-order valence-corrected chi connectivity index (χ1v) is 8.37. The summed E-state index contributed by atoms with van der Waals surface area (Å²) < 4.78 is 29.4. The van der Waals surface area contributed by atoms with E-state index in [1.54, 1.807) is 13.8 Å². The van der Waals surface area contributed by atoms with Crippen LogP contribution in [-0.4, -0.2) is 37.0 Å². The largest absolute Gasteiger partial charge is 0.423 e. The second-order valence-corrected chi connectivity index (χ2v) is 8.52. The summed E-state index contributed by atoms with van der Waals surface area (Å²) in [6.45, 7) is 4.65. The third-order valence-corrected chi connectivity index (χ3v) is 6.62. The van der Waals surface area contributed by atoms with Crippen LogP contribution < -0.4 is 4.90 Å². The minimum Gasteiger partial charge on any atom is -0.423 e. The maximum Gasteiger partial charge on any atom is 0.298 e. The number of rotatable bonds is 1. The van der Waals surface area contributed by atoms with Crippen LogP contribution in [0.25, 0.3) is 11.1 Å². The van der Waals surface area contributed by atoms with Crippen molar-refractivity contribution in [2.75, 3.05) is 23.7 Å². The number of benzene rings is 1. The normalized spacial score (nSPS) is 21.8. The quantitative estimate of drug-likeness (QED) is 0.807. The van der Waals surface area contributed by atoms with Gasteiger partial charge in [-0.15, -0.1) is 0 Å². The topological polar surface area (TPSA) is 63.4 Å². The molecule has 0 N–H and O–H groups in total. The molecule has 6 heteroatoms. The van der Waals surface area contributed by atoms with Gasteiger partial charge in [-0.2, -0.15) is 4.98 Å². The van der Waals surface area contributed by atoms with Gasteiger partial charge >= 0.3 is 0 Å². The van der Waals surface area contributed by atoms with Gasteiger partial charge < -0.3 is 9.32 Å². The molecule has 0 atom stereocenters. The van der Waals surface area contributed by atoms with Crippen LogP contribution in [-0.2, 0) is 9.84 Å². The molecule has 0 radical (unpaired) electrons. The lowest BCUT2D eigenvalue weighted by Gasteiger charge is -2.21. The third-order valence-electron chi connectivity index (χ3n) is 4.01. The van der Waals surface area contributed by atoms with Crippen molar-refractivity contribution in [2.45, 2.75) is 25.0 Å². The van der Waals surface area contributed by atoms with Crippen LogP contribution in [0.5, 0.6) is 0 Å². The van der Waals surface area contributed by atoms with E-state index < -0.39 is 14.6 Å². The first kappa shape index (κ1) is 13.4. The number of nitrogens with zero attached hydrogens (tertiary/aromatic N) is 2. The van der Waals surface area contributed by atoms with E-state index in [0.717, 1.165) is 11.1 Å². The van der Waals surface area contributed by atoms with Crippen molar-refractivity contribution in [1.82, 2.24) is 4.98 Å². The molecular weight excluding hydrogens is 276 g/mol. The van der Waals surface area contributed by atoms with Crippen molar-refractivity contribution in [3.63, 3.8) is 0 Å². The Balaban J connectivity index is 1.92. The molecule has 1 aliphatic rings. The zero-order valence-corrected chi connectivity index (χ0v) is 12.5. The van der Waals surface area contributed by atoms with Gasteiger partial charge in [0.1, 0.15) is 5.52 Å². The number of sulfone groups is 1. The molecular formula is C14H18N2O3S. The van der Waals surface area contributed by atoms with Gasteiger partial charge in [0, 0.05) is 13.1 Å². The predicted octanol–water partition coefficient (Wildman–Crippen LogP) is 2.23. The molecule has 20 heavy (non-hydrogen) atoms. The molecule has 3 rings (SSSR count). The van der Waals surface area contributed by atoms with Crippen LogP contribution >= 0.6 is 0 Å². The van der Waals surface area contributed by atoms with Crippen molar-refractivity contribution in [3.8, 4) is 0 Å². The molecule has 1 aromatic heterocycles. The number of fused-ring (bicyclic) bond motifs is 1. The molecule has 0 aliphatic carbocycles. The summed E-state index contributed by atoms with van der Waals surface area (Å²) in [5, 5.41) is 0. The Morgan fingerprint density at radius 2 is 2.00 bits per heavy atom. The van der Waals surface area contributed by atoms with E-state index in [4.69, 9.17) is 4.42 Å². The lowest BCUT2D eigenvalue weighted by molar-refractivity contribution is 0.528. The Morgan fingerprint density at radius 3 is 2.75 bits per heavy atom. The van der Waals surface area contributed by atoms with E-state index in [1.807, 2.05) is 29.2 Å². The van der Waals surface area contributed by atoms with Crippen molar-refractivity contribution < 1.29 is 12.8 Å². The lowest BCUT2D eigenvalue weighted by Crippen LogP contribution is -2.33. The molecule has 0 spiro atoms. The van der Waals surface area contributed by atoms with Crippen LogP contribution in [0.2, 0.25) is 0 Å². The van der Waals surface area contributed by atoms with Crippen LogP contribution in [0.3, 0.4) is 0 Å². The Labute approximate surface area is 118 Å². The van der Waals surface area contributed by atoms with Crippen LogP contribution in [0.4, 0.5) is 6.01 Å². The number of oxazole rings is 1. The monoisotopic (exact) mass is 294 g/mol. The van der Waals surface area contributed by atoms with Crippen molar-refractivity contribution >= 4 is 27.0 Å². The SMILES string of the molecule is CC1(C)CCN(c2nc3ccccc3o2)CCS1(=O)=O. The van der Waals surface area contributed by atoms with Gasteiger partial charge in [-0.05, 0) is 32.4 Å². The van der Waals surface area contributed by atoms with Crippen LogP contribution in [0.15, 0.2) is 28.7 Å². The van der Waals surface area contributed by atoms with E-state index >= 15 is 0 Å². The molecule has 1 aromatic carbocycles. The van der Waals surface area contributed by atoms with E-state index in [2.05, 4.69) is 4.98 Å². The number of hydrogen-bond donors (Lipinski definition) is 0. The van der Waals surface area contributed by atoms with Gasteiger partial charge in [0.15, 0.2) is 15.4 Å². The van der Waals surface area contributed by atoms with Crippen molar-refractivity contribution in [3.05, 3.63) is 24.3 Å². The molecule has 1 saturated heterocycles. The fourth-order valence-electron chi connectivity index (χ4n) is 2.36. The number of aromatic nitrogens is 1. The number of anilines is 1. The molecule has 0 amide bonds. The van der Waals surface area contributed by atoms with Gasteiger partial charge in [-0.1, -0.05) is 12.1 Å². The Hall–Kier alpha value is -1.56. The molecule has 0 saturated carbocycles. The standard InChI is InChI=1S/C14H18N2O3S/c1-14(2)7-8-16(9-10-20(14,17)18)13-15-11-5-3-4-6-12(11)19-13/h3-6H,7-10H2,1-2H3. The van der Waals surface area contributed by atoms with Crippen molar-refractivity contribution in [2.24, 2.45) is 0 Å². The van der Waals surface area contributed by atoms with Gasteiger partial charge in [0.2, 0.25) is 0 Å². The first-order valence-electron chi connectivity index (χ1n) is 6.72. The smallest absolute Gasteiger partial charge is 0.298 e. The van der Waals surface area contributed by atoms with E-state index in [-0.39, 0.29) is 5.75 Å². The Morgan fingerprint density at radius 1 is 1.25 bits per heavy atom. The Kier molecular flexibility index (Phi) is 3.01. The summed E-state index contributed by atoms with van der Waals surface area (Å²) in [6.07, 6.45) is 0.577. The summed E-state index contributed by atoms with van der Waals surface area (Å²) in [5.74, 6) is 0.138. The molecule has 2 heterocycles. The fraction of sp³-hybridized carbons (Fsp3) is 0.500. The van der Waals surface area contributed by atoms with E-state index in [0.29, 0.717) is 25.5 Å². The zero-order valence-electron chi connectivity index (χ0n) is 11.7. The number of hydrogen-bond acceptors (Lipinski definition) is 5. The maximum absolute atomic E-state index is 12.2. The molecule has 5 nitrogen and oxygen atoms in total. The summed E-state index contributed by atoms with van der Waals surface area (Å²) in [7, 11) is -3.08. The summed E-state index contributed by atoms with van der Waals surface area (Å²) in [4.78, 5) is 6.36. The highest BCUT2D eigenvalue weighted by Crippen LogP contribution is 2.28. The second-order valence-electron chi connectivity index (χ2n) is 5.78. The average molecular weight is 294 g/mol. The Bertz CT molecular complexity index is 701. The fourth-order valence-corrected chi connectivity index (χ4v) is 3.78. The minimum atomic E-state index is -3.08. The minimum absolute atomic E-state index is 0.138. The van der Waals surface area contributed by atoms with Gasteiger partial charge in [-0.3, -0.25) is 0 Å². The molecule has 2 aromatic rings. The van der Waals surface area contributed by atoms with Gasteiger partial charge in [-0.25, -0.2) is 8.42 Å². The highest BCUT2D eigenvalue weighted by molar-refractivity contribution is 7.92. The third kappa shape index (κ3) is 2.18. The molecule has 1 fully saturated rings. The summed E-state index contributed by atoms with van der Waals surface area (Å²) in [5.41, 5.74) is 1.53. The van der Waals surface area contributed by atoms with E-state index in [9.17, 15) is 8.42 Å². The van der Waals surface area contributed by atoms with Gasteiger partial charge in [0.25, 0.3) is 6.01 Å². The summed E-state index contributed by atoms with van der Waals surface area (Å²) in [6, 6.07) is 8.07. The molecule has 0 bridgehead atoms. The number of para-hydroxylation sites is 2. The van der Waals surface area contributed by atoms with Crippen molar-refractivity contribution in [1.29, 1.82) is 0 Å². The second kappa shape index (κ2) is 4.48. The zero-order chi connectivity index (χ0) is 14.4. The highest BCUT2D eigenvalue weighted by Gasteiger charge is 2.37. The predicted molar refractivity (Wildman–Crippen MR) is 78.7 cm³/mol. The van der Waals surface area contributed by atoms with Crippen LogP contribution in [0, 0.1) is 0 Å². The molecule has 0 unspecified atom stereocenters. The first-order chi connectivity index (χ1) is 9.39. The maximum atomic E-state index is 12.2. The molecule has 108 valence electrons. The van der Waals surface area contributed by atoms with Gasteiger partial charge in [0.05, 0.1) is 10.5 Å². The molecule has 1 aliphatic heterocycles. The highest BCUT2D eigenvalue weighted by atomic mass is 32.2. The average Bonchev–Trinajstić information content (AvgIpc) is 2.77. The van der Waals surface area contributed by atoms with Crippen LogP contribution in [0.1, 0.15) is 20.3 Å². The summed E-state index contributed by atoms with van der Waals surface area (Å²) >= 11 is 0. The lowest BCUT2D eigenvalue weighted by atomic mass is 10.1. The van der Waals surface area contributed by atoms with E-state index in [1.165, 1.54) is 0 Å².